The first-order valence-corrected chi connectivity index (χ1v) is 7.73. The van der Waals surface area contributed by atoms with Crippen LogP contribution < -0.4 is 10.6 Å². The van der Waals surface area contributed by atoms with Gasteiger partial charge in [-0.3, -0.25) is 4.90 Å². The summed E-state index contributed by atoms with van der Waals surface area (Å²) in [5.41, 5.74) is 9.56. The Labute approximate surface area is 121 Å². The lowest BCUT2D eigenvalue weighted by molar-refractivity contribution is -0.0285. The molecule has 4 nitrogen and oxygen atoms in total. The van der Waals surface area contributed by atoms with Crippen molar-refractivity contribution >= 4 is 11.4 Å². The lowest BCUT2D eigenvalue weighted by Crippen LogP contribution is -2.45. The van der Waals surface area contributed by atoms with Gasteiger partial charge in [-0.15, -0.1) is 0 Å². The molecule has 2 N–H and O–H groups in total. The predicted octanol–water partition coefficient (Wildman–Crippen LogP) is 1.74. The summed E-state index contributed by atoms with van der Waals surface area (Å²) in [7, 11) is 0. The lowest BCUT2D eigenvalue weighted by atomic mass is 10.1. The number of hydrogen-bond acceptors (Lipinski definition) is 4. The normalized spacial score (nSPS) is 23.1. The van der Waals surface area contributed by atoms with Crippen molar-refractivity contribution in [3.63, 3.8) is 0 Å². The number of morpholine rings is 1. The van der Waals surface area contributed by atoms with Crippen LogP contribution in [0.1, 0.15) is 18.9 Å². The van der Waals surface area contributed by atoms with E-state index in [0.29, 0.717) is 6.10 Å². The van der Waals surface area contributed by atoms with Gasteiger partial charge in [-0.1, -0.05) is 13.0 Å². The van der Waals surface area contributed by atoms with Crippen LogP contribution in [0.25, 0.3) is 0 Å². The van der Waals surface area contributed by atoms with Crippen LogP contribution in [0.15, 0.2) is 18.2 Å². The van der Waals surface area contributed by atoms with Crippen LogP contribution >= 0.6 is 0 Å². The highest BCUT2D eigenvalue weighted by Crippen LogP contribution is 2.29. The second kappa shape index (κ2) is 6.02. The third-order valence-corrected chi connectivity index (χ3v) is 4.47. The quantitative estimate of drug-likeness (QED) is 0.850. The van der Waals surface area contributed by atoms with Gasteiger partial charge in [-0.2, -0.15) is 0 Å². The van der Waals surface area contributed by atoms with E-state index in [1.54, 1.807) is 0 Å². The van der Waals surface area contributed by atoms with Gasteiger partial charge in [-0.05, 0) is 30.5 Å². The molecule has 3 rings (SSSR count). The van der Waals surface area contributed by atoms with Gasteiger partial charge in [0.15, 0.2) is 0 Å². The van der Waals surface area contributed by atoms with Gasteiger partial charge in [0.05, 0.1) is 12.7 Å². The Bertz CT molecular complexity index is 463. The predicted molar refractivity (Wildman–Crippen MR) is 83.2 cm³/mol. The molecule has 1 aromatic rings. The smallest absolute Gasteiger partial charge is 0.0700 e. The first-order valence-electron chi connectivity index (χ1n) is 7.73. The maximum atomic E-state index is 5.91. The zero-order valence-electron chi connectivity index (χ0n) is 12.3. The van der Waals surface area contributed by atoms with E-state index >= 15 is 0 Å². The number of nitrogen functional groups attached to an aromatic ring is 1. The van der Waals surface area contributed by atoms with Crippen molar-refractivity contribution in [3.8, 4) is 0 Å². The SMILES string of the molecule is CCC1CN(CCN2CCc3ccc(N)cc32)CCO1. The van der Waals surface area contributed by atoms with Crippen molar-refractivity contribution in [1.82, 2.24) is 4.90 Å². The number of fused-ring (bicyclic) bond motifs is 1. The van der Waals surface area contributed by atoms with Crippen LogP contribution in [0.4, 0.5) is 11.4 Å². The number of nitrogens with zero attached hydrogens (tertiary/aromatic N) is 2. The largest absolute Gasteiger partial charge is 0.399 e. The molecular weight excluding hydrogens is 250 g/mol. The van der Waals surface area contributed by atoms with Crippen LogP contribution in [0, 0.1) is 0 Å². The van der Waals surface area contributed by atoms with Gasteiger partial charge in [0, 0.05) is 44.1 Å². The van der Waals surface area contributed by atoms with Crippen LogP contribution in [0.2, 0.25) is 0 Å². The first kappa shape index (κ1) is 13.7. The Morgan fingerprint density at radius 2 is 2.20 bits per heavy atom. The minimum Gasteiger partial charge on any atom is -0.399 e. The molecule has 0 bridgehead atoms. The van der Waals surface area contributed by atoms with Crippen molar-refractivity contribution < 1.29 is 4.74 Å². The molecule has 0 aromatic heterocycles. The third kappa shape index (κ3) is 2.91. The Morgan fingerprint density at radius 3 is 3.05 bits per heavy atom. The fraction of sp³-hybridized carbons (Fsp3) is 0.625. The number of anilines is 2. The molecular formula is C16H25N3O. The molecule has 1 aromatic carbocycles. The number of rotatable bonds is 4. The molecule has 0 radical (unpaired) electrons. The minimum atomic E-state index is 0.422. The number of hydrogen-bond donors (Lipinski definition) is 1. The monoisotopic (exact) mass is 275 g/mol. The van der Waals surface area contributed by atoms with Crippen LogP contribution in [-0.2, 0) is 11.2 Å². The summed E-state index contributed by atoms with van der Waals surface area (Å²) in [6.45, 7) is 8.55. The summed E-state index contributed by atoms with van der Waals surface area (Å²) in [4.78, 5) is 5.00. The summed E-state index contributed by atoms with van der Waals surface area (Å²) in [6, 6.07) is 6.30. The van der Waals surface area contributed by atoms with Gasteiger partial charge in [0.2, 0.25) is 0 Å². The highest BCUT2D eigenvalue weighted by molar-refractivity contribution is 5.64. The van der Waals surface area contributed by atoms with E-state index in [9.17, 15) is 0 Å². The van der Waals surface area contributed by atoms with E-state index in [0.717, 1.165) is 57.9 Å². The van der Waals surface area contributed by atoms with E-state index in [4.69, 9.17) is 10.5 Å². The van der Waals surface area contributed by atoms with Crippen molar-refractivity contribution in [3.05, 3.63) is 23.8 Å². The van der Waals surface area contributed by atoms with Crippen molar-refractivity contribution in [2.45, 2.75) is 25.9 Å². The molecule has 1 unspecified atom stereocenters. The molecule has 4 heteroatoms. The number of ether oxygens (including phenoxy) is 1. The molecule has 0 spiro atoms. The van der Waals surface area contributed by atoms with E-state index in [1.165, 1.54) is 11.3 Å². The second-order valence-electron chi connectivity index (χ2n) is 5.83. The fourth-order valence-electron chi connectivity index (χ4n) is 3.19. The molecule has 20 heavy (non-hydrogen) atoms. The van der Waals surface area contributed by atoms with Gasteiger partial charge in [-0.25, -0.2) is 0 Å². The van der Waals surface area contributed by atoms with Gasteiger partial charge in [0.25, 0.3) is 0 Å². The van der Waals surface area contributed by atoms with Crippen LogP contribution in [0.3, 0.4) is 0 Å². The molecule has 1 atom stereocenters. The summed E-state index contributed by atoms with van der Waals surface area (Å²) in [6.07, 6.45) is 2.68. The zero-order valence-corrected chi connectivity index (χ0v) is 12.3. The van der Waals surface area contributed by atoms with Crippen molar-refractivity contribution in [2.24, 2.45) is 0 Å². The summed E-state index contributed by atoms with van der Waals surface area (Å²) < 4.78 is 5.73. The standard InChI is InChI=1S/C16H25N3O/c1-2-15-12-18(9-10-20-15)7-8-19-6-5-13-3-4-14(17)11-16(13)19/h3-4,11,15H,2,5-10,12,17H2,1H3. The average molecular weight is 275 g/mol. The maximum absolute atomic E-state index is 5.91. The molecule has 0 amide bonds. The molecule has 2 aliphatic heterocycles. The lowest BCUT2D eigenvalue weighted by Gasteiger charge is -2.33. The average Bonchev–Trinajstić information content (AvgIpc) is 2.87. The fourth-order valence-corrected chi connectivity index (χ4v) is 3.19. The van der Waals surface area contributed by atoms with Crippen molar-refractivity contribution in [1.29, 1.82) is 0 Å². The molecule has 110 valence electrons. The Morgan fingerprint density at radius 1 is 1.30 bits per heavy atom. The Hall–Kier alpha value is -1.26. The Kier molecular flexibility index (Phi) is 4.13. The molecule has 0 saturated carbocycles. The molecule has 2 heterocycles. The molecule has 1 saturated heterocycles. The second-order valence-corrected chi connectivity index (χ2v) is 5.83. The van der Waals surface area contributed by atoms with E-state index in [-0.39, 0.29) is 0 Å². The first-order chi connectivity index (χ1) is 9.76. The summed E-state index contributed by atoms with van der Waals surface area (Å²) in [5, 5.41) is 0. The summed E-state index contributed by atoms with van der Waals surface area (Å²) in [5.74, 6) is 0. The molecule has 1 fully saturated rings. The van der Waals surface area contributed by atoms with Gasteiger partial charge < -0.3 is 15.4 Å². The number of nitrogens with two attached hydrogens (primary N) is 1. The minimum absolute atomic E-state index is 0.422. The Balaban J connectivity index is 1.56. The topological polar surface area (TPSA) is 41.7 Å². The van der Waals surface area contributed by atoms with Crippen LogP contribution in [0.5, 0.6) is 0 Å². The maximum Gasteiger partial charge on any atom is 0.0700 e. The highest BCUT2D eigenvalue weighted by Gasteiger charge is 2.22. The van der Waals surface area contributed by atoms with Crippen molar-refractivity contribution in [2.75, 3.05) is 50.0 Å². The molecule has 2 aliphatic rings. The zero-order chi connectivity index (χ0) is 13.9. The van der Waals surface area contributed by atoms with E-state index < -0.39 is 0 Å². The number of benzene rings is 1. The van der Waals surface area contributed by atoms with Crippen LogP contribution in [-0.4, -0.2) is 50.3 Å². The highest BCUT2D eigenvalue weighted by atomic mass is 16.5. The molecule has 0 aliphatic carbocycles. The van der Waals surface area contributed by atoms with Gasteiger partial charge >= 0.3 is 0 Å². The van der Waals surface area contributed by atoms with E-state index in [1.807, 2.05) is 6.07 Å². The summed E-state index contributed by atoms with van der Waals surface area (Å²) >= 11 is 0. The van der Waals surface area contributed by atoms with Gasteiger partial charge in [0.1, 0.15) is 0 Å². The van der Waals surface area contributed by atoms with E-state index in [2.05, 4.69) is 28.9 Å². The third-order valence-electron chi connectivity index (χ3n) is 4.47.